The first-order chi connectivity index (χ1) is 9.21. The maximum Gasteiger partial charge on any atom is 0.326 e. The average Bonchev–Trinajstić information content (AvgIpc) is 2.40. The Kier molecular flexibility index (Phi) is 6.50. The first-order valence-corrected chi connectivity index (χ1v) is 8.22. The zero-order chi connectivity index (χ0) is 15.2. The van der Waals surface area contributed by atoms with Crippen LogP contribution < -0.4 is 5.32 Å². The molecule has 1 aliphatic carbocycles. The van der Waals surface area contributed by atoms with Crippen molar-refractivity contribution < 1.29 is 9.53 Å². The summed E-state index contributed by atoms with van der Waals surface area (Å²) >= 11 is 0. The summed E-state index contributed by atoms with van der Waals surface area (Å²) in [5.74, 6) is -0.148. The van der Waals surface area contributed by atoms with Crippen molar-refractivity contribution in [3.8, 4) is 0 Å². The zero-order valence-corrected chi connectivity index (χ0v) is 14.1. The highest BCUT2D eigenvalue weighted by Gasteiger charge is 2.34. The van der Waals surface area contributed by atoms with Crippen molar-refractivity contribution in [1.82, 2.24) is 5.32 Å². The van der Waals surface area contributed by atoms with E-state index in [0.717, 1.165) is 0 Å². The second kappa shape index (κ2) is 7.44. The van der Waals surface area contributed by atoms with Gasteiger partial charge in [0.25, 0.3) is 0 Å². The van der Waals surface area contributed by atoms with Crippen LogP contribution in [0.2, 0.25) is 0 Å². The number of ether oxygens (including phenoxy) is 1. The zero-order valence-electron chi connectivity index (χ0n) is 14.1. The van der Waals surface area contributed by atoms with Gasteiger partial charge in [-0.1, -0.05) is 38.5 Å². The van der Waals surface area contributed by atoms with E-state index in [4.69, 9.17) is 4.74 Å². The summed E-state index contributed by atoms with van der Waals surface area (Å²) in [6.45, 7) is 9.63. The summed E-state index contributed by atoms with van der Waals surface area (Å²) in [5, 5.41) is 3.54. The molecule has 118 valence electrons. The lowest BCUT2D eigenvalue weighted by Gasteiger charge is -2.33. The third-order valence-corrected chi connectivity index (χ3v) is 3.83. The number of esters is 1. The molecular formula is C17H33NO2. The minimum Gasteiger partial charge on any atom is -0.459 e. The summed E-state index contributed by atoms with van der Waals surface area (Å²) < 4.78 is 5.52. The molecule has 0 aromatic heterocycles. The van der Waals surface area contributed by atoms with Gasteiger partial charge in [-0.2, -0.15) is 0 Å². The summed E-state index contributed by atoms with van der Waals surface area (Å²) in [4.78, 5) is 12.3. The van der Waals surface area contributed by atoms with Crippen LogP contribution in [0.4, 0.5) is 0 Å². The van der Waals surface area contributed by atoms with Crippen LogP contribution in [0.15, 0.2) is 0 Å². The van der Waals surface area contributed by atoms with E-state index in [1.807, 2.05) is 34.6 Å². The van der Waals surface area contributed by atoms with Crippen molar-refractivity contribution in [2.75, 3.05) is 0 Å². The predicted octanol–water partition coefficient (Wildman–Crippen LogP) is 4.20. The quantitative estimate of drug-likeness (QED) is 0.789. The molecule has 0 bridgehead atoms. The van der Waals surface area contributed by atoms with E-state index in [0.29, 0.717) is 6.04 Å². The van der Waals surface area contributed by atoms with E-state index >= 15 is 0 Å². The van der Waals surface area contributed by atoms with Gasteiger partial charge in [0.05, 0.1) is 0 Å². The lowest BCUT2D eigenvalue weighted by molar-refractivity contribution is -0.162. The minimum absolute atomic E-state index is 0.148. The van der Waals surface area contributed by atoms with Crippen LogP contribution in [0.3, 0.4) is 0 Å². The summed E-state index contributed by atoms with van der Waals surface area (Å²) in [5.41, 5.74) is -1.03. The normalized spacial score (nSPS) is 19.9. The van der Waals surface area contributed by atoms with Gasteiger partial charge in [-0.15, -0.1) is 0 Å². The van der Waals surface area contributed by atoms with Crippen LogP contribution in [0.1, 0.15) is 86.0 Å². The lowest BCUT2D eigenvalue weighted by atomic mass is 9.98. The predicted molar refractivity (Wildman–Crippen MR) is 83.8 cm³/mol. The van der Waals surface area contributed by atoms with Gasteiger partial charge in [-0.3, -0.25) is 10.1 Å². The second-order valence-electron chi connectivity index (χ2n) is 7.67. The summed E-state index contributed by atoms with van der Waals surface area (Å²) in [6.07, 6.45) is 10.3. The number of carbonyl (C=O) groups is 1. The number of hydrogen-bond acceptors (Lipinski definition) is 3. The molecule has 0 aromatic rings. The van der Waals surface area contributed by atoms with Crippen LogP contribution in [-0.2, 0) is 9.53 Å². The third kappa shape index (κ3) is 6.74. The van der Waals surface area contributed by atoms with Crippen LogP contribution in [0.25, 0.3) is 0 Å². The Hall–Kier alpha value is -0.570. The van der Waals surface area contributed by atoms with Crippen LogP contribution in [-0.4, -0.2) is 23.2 Å². The molecule has 1 saturated carbocycles. The molecule has 3 heteroatoms. The van der Waals surface area contributed by atoms with Gasteiger partial charge in [-0.25, -0.2) is 0 Å². The number of carbonyl (C=O) groups excluding carboxylic acids is 1. The third-order valence-electron chi connectivity index (χ3n) is 3.83. The fraction of sp³-hybridized carbons (Fsp3) is 0.941. The number of nitrogens with one attached hydrogen (secondary N) is 1. The Morgan fingerprint density at radius 2 is 1.35 bits per heavy atom. The minimum atomic E-state index is -0.605. The molecule has 0 spiro atoms. The topological polar surface area (TPSA) is 38.3 Å². The molecule has 0 aliphatic heterocycles. The second-order valence-corrected chi connectivity index (χ2v) is 7.67. The highest BCUT2D eigenvalue weighted by molar-refractivity contribution is 5.80. The molecule has 0 atom stereocenters. The maximum atomic E-state index is 12.3. The molecular weight excluding hydrogens is 250 g/mol. The van der Waals surface area contributed by atoms with Crippen molar-refractivity contribution in [2.24, 2.45) is 0 Å². The van der Waals surface area contributed by atoms with Crippen molar-refractivity contribution in [2.45, 2.75) is 103 Å². The molecule has 0 radical (unpaired) electrons. The highest BCUT2D eigenvalue weighted by Crippen LogP contribution is 2.20. The molecule has 1 N–H and O–H groups in total. The molecule has 0 saturated heterocycles. The van der Waals surface area contributed by atoms with Crippen molar-refractivity contribution >= 4 is 5.97 Å². The van der Waals surface area contributed by atoms with Gasteiger partial charge in [-0.05, 0) is 47.5 Å². The molecule has 3 nitrogen and oxygen atoms in total. The van der Waals surface area contributed by atoms with Gasteiger partial charge >= 0.3 is 5.97 Å². The van der Waals surface area contributed by atoms with Gasteiger partial charge in [0.1, 0.15) is 11.1 Å². The number of hydrogen-bond donors (Lipinski definition) is 1. The van der Waals surface area contributed by atoms with Gasteiger partial charge in [0.2, 0.25) is 0 Å². The van der Waals surface area contributed by atoms with Gasteiger partial charge < -0.3 is 4.74 Å². The SMILES string of the molecule is CC(C)(C)OC(=O)C(C)(C)NC1CCCCCCCC1. The van der Waals surface area contributed by atoms with Crippen LogP contribution in [0.5, 0.6) is 0 Å². The van der Waals surface area contributed by atoms with Gasteiger partial charge in [0.15, 0.2) is 0 Å². The molecule has 0 amide bonds. The first-order valence-electron chi connectivity index (χ1n) is 8.22. The molecule has 0 aromatic carbocycles. The average molecular weight is 283 g/mol. The molecule has 0 heterocycles. The Labute approximate surface area is 124 Å². The molecule has 20 heavy (non-hydrogen) atoms. The molecule has 0 unspecified atom stereocenters. The van der Waals surface area contributed by atoms with Crippen molar-refractivity contribution in [3.05, 3.63) is 0 Å². The van der Waals surface area contributed by atoms with E-state index < -0.39 is 11.1 Å². The van der Waals surface area contributed by atoms with E-state index in [2.05, 4.69) is 5.32 Å². The fourth-order valence-electron chi connectivity index (χ4n) is 2.75. The Morgan fingerprint density at radius 3 is 1.80 bits per heavy atom. The standard InChI is InChI=1S/C17H33NO2/c1-16(2,3)20-15(19)17(4,5)18-14-12-10-8-6-7-9-11-13-14/h14,18H,6-13H2,1-5H3. The van der Waals surface area contributed by atoms with E-state index in [1.54, 1.807) is 0 Å². The van der Waals surface area contributed by atoms with Crippen molar-refractivity contribution in [1.29, 1.82) is 0 Å². The highest BCUT2D eigenvalue weighted by atomic mass is 16.6. The van der Waals surface area contributed by atoms with Crippen LogP contribution in [0, 0.1) is 0 Å². The maximum absolute atomic E-state index is 12.3. The van der Waals surface area contributed by atoms with Gasteiger partial charge in [0, 0.05) is 6.04 Å². The van der Waals surface area contributed by atoms with Crippen LogP contribution >= 0.6 is 0 Å². The molecule has 1 rings (SSSR count). The molecule has 1 aliphatic rings. The Bertz CT molecular complexity index is 295. The van der Waals surface area contributed by atoms with Crippen molar-refractivity contribution in [3.63, 3.8) is 0 Å². The summed E-state index contributed by atoms with van der Waals surface area (Å²) in [6, 6.07) is 0.440. The Balaban J connectivity index is 2.55. The monoisotopic (exact) mass is 283 g/mol. The fourth-order valence-corrected chi connectivity index (χ4v) is 2.75. The smallest absolute Gasteiger partial charge is 0.326 e. The number of rotatable bonds is 3. The van der Waals surface area contributed by atoms with E-state index in [9.17, 15) is 4.79 Å². The largest absolute Gasteiger partial charge is 0.459 e. The first kappa shape index (κ1) is 17.5. The van der Waals surface area contributed by atoms with E-state index in [1.165, 1.54) is 51.4 Å². The Morgan fingerprint density at radius 1 is 0.900 bits per heavy atom. The van der Waals surface area contributed by atoms with E-state index in [-0.39, 0.29) is 5.97 Å². The molecule has 1 fully saturated rings. The lowest BCUT2D eigenvalue weighted by Crippen LogP contribution is -2.53. The summed E-state index contributed by atoms with van der Waals surface area (Å²) in [7, 11) is 0.